The van der Waals surface area contributed by atoms with E-state index in [9.17, 15) is 9.59 Å². The molecule has 1 unspecified atom stereocenters. The normalized spacial score (nSPS) is 21.7. The molecule has 1 aromatic heterocycles. The molecule has 0 N–H and O–H groups in total. The molecule has 7 nitrogen and oxygen atoms in total. The predicted molar refractivity (Wildman–Crippen MR) is 119 cm³/mol. The van der Waals surface area contributed by atoms with E-state index in [2.05, 4.69) is 11.3 Å². The van der Waals surface area contributed by atoms with Gasteiger partial charge in [0.25, 0.3) is 0 Å². The maximum absolute atomic E-state index is 13.1. The fourth-order valence-electron chi connectivity index (χ4n) is 5.01. The number of ether oxygens (including phenoxy) is 1. The molecule has 1 aliphatic heterocycles. The predicted octanol–water partition coefficient (Wildman–Crippen LogP) is 4.92. The molecular formula is C24H30N4O3. The summed E-state index contributed by atoms with van der Waals surface area (Å²) < 4.78 is 7.87. The summed E-state index contributed by atoms with van der Waals surface area (Å²) in [5, 5.41) is 4.55. The monoisotopic (exact) mass is 422 g/mol. The molecule has 2 amide bonds. The molecule has 5 rings (SSSR count). The van der Waals surface area contributed by atoms with Crippen LogP contribution >= 0.6 is 0 Å². The molecule has 1 aromatic carbocycles. The Morgan fingerprint density at radius 1 is 1.03 bits per heavy atom. The lowest BCUT2D eigenvalue weighted by Gasteiger charge is -2.40. The van der Waals surface area contributed by atoms with Gasteiger partial charge in [-0.2, -0.15) is 5.10 Å². The van der Waals surface area contributed by atoms with E-state index >= 15 is 0 Å². The van der Waals surface area contributed by atoms with Gasteiger partial charge in [0, 0.05) is 25.2 Å². The first-order valence-electron chi connectivity index (χ1n) is 11.5. The summed E-state index contributed by atoms with van der Waals surface area (Å²) in [4.78, 5) is 29.0. The zero-order valence-corrected chi connectivity index (χ0v) is 18.3. The molecular weight excluding hydrogens is 392 g/mol. The number of aromatic nitrogens is 2. The number of benzene rings is 1. The third kappa shape index (κ3) is 3.70. The van der Waals surface area contributed by atoms with Gasteiger partial charge in [0.1, 0.15) is 6.10 Å². The van der Waals surface area contributed by atoms with E-state index in [1.165, 1.54) is 19.3 Å². The Hall–Kier alpha value is -2.83. The van der Waals surface area contributed by atoms with Crippen molar-refractivity contribution in [2.75, 3.05) is 16.3 Å². The topological polar surface area (TPSA) is 67.7 Å². The minimum atomic E-state index is -0.314. The first-order chi connectivity index (χ1) is 15.0. The summed E-state index contributed by atoms with van der Waals surface area (Å²) in [6.07, 6.45) is 11.4. The maximum Gasteiger partial charge on any atom is 0.414 e. The van der Waals surface area contributed by atoms with Gasteiger partial charge < -0.3 is 9.64 Å². The Morgan fingerprint density at radius 2 is 1.81 bits per heavy atom. The van der Waals surface area contributed by atoms with Crippen LogP contribution in [-0.4, -0.2) is 40.5 Å². The first-order valence-corrected chi connectivity index (χ1v) is 11.5. The van der Waals surface area contributed by atoms with Crippen LogP contribution in [0.5, 0.6) is 0 Å². The van der Waals surface area contributed by atoms with Crippen molar-refractivity contribution in [1.82, 2.24) is 9.78 Å². The lowest BCUT2D eigenvalue weighted by Crippen LogP contribution is -2.51. The first kappa shape index (κ1) is 20.1. The van der Waals surface area contributed by atoms with Crippen molar-refractivity contribution in [3.63, 3.8) is 0 Å². The number of nitrogens with zero attached hydrogens (tertiary/aromatic N) is 4. The van der Waals surface area contributed by atoms with Gasteiger partial charge in [-0.15, -0.1) is 0 Å². The van der Waals surface area contributed by atoms with Crippen LogP contribution in [0.3, 0.4) is 0 Å². The van der Waals surface area contributed by atoms with Gasteiger partial charge in [0.05, 0.1) is 29.7 Å². The van der Waals surface area contributed by atoms with E-state index in [1.807, 2.05) is 36.0 Å². The Bertz CT molecular complexity index is 990. The van der Waals surface area contributed by atoms with Crippen molar-refractivity contribution in [2.45, 2.75) is 77.0 Å². The molecule has 3 aliphatic rings. The Kier molecular flexibility index (Phi) is 5.20. The van der Waals surface area contributed by atoms with Crippen molar-refractivity contribution < 1.29 is 14.3 Å². The lowest BCUT2D eigenvalue weighted by molar-refractivity contribution is -0.117. The van der Waals surface area contributed by atoms with Crippen molar-refractivity contribution >= 4 is 23.4 Å². The van der Waals surface area contributed by atoms with Crippen molar-refractivity contribution in [1.29, 1.82) is 0 Å². The number of carbonyl (C=O) groups excluding carboxylic acids is 2. The molecule has 31 heavy (non-hydrogen) atoms. The average molecular weight is 423 g/mol. The number of anilines is 2. The largest absolute Gasteiger partial charge is 0.446 e. The smallest absolute Gasteiger partial charge is 0.414 e. The van der Waals surface area contributed by atoms with Crippen LogP contribution in [0.4, 0.5) is 16.2 Å². The number of rotatable bonds is 3. The van der Waals surface area contributed by atoms with E-state index in [-0.39, 0.29) is 24.1 Å². The van der Waals surface area contributed by atoms with Crippen LogP contribution in [0.15, 0.2) is 30.6 Å². The van der Waals surface area contributed by atoms with Gasteiger partial charge in [0.15, 0.2) is 0 Å². The third-order valence-corrected chi connectivity index (χ3v) is 6.93. The second-order valence-corrected chi connectivity index (χ2v) is 9.14. The van der Waals surface area contributed by atoms with Crippen LogP contribution in [0.2, 0.25) is 0 Å². The molecule has 2 saturated carbocycles. The average Bonchev–Trinajstić information content (AvgIpc) is 3.37. The van der Waals surface area contributed by atoms with E-state index in [0.717, 1.165) is 48.2 Å². The Labute approximate surface area is 183 Å². The van der Waals surface area contributed by atoms with E-state index in [0.29, 0.717) is 12.6 Å². The van der Waals surface area contributed by atoms with Crippen LogP contribution in [0.25, 0.3) is 11.1 Å². The number of hydrogen-bond donors (Lipinski definition) is 0. The number of amides is 2. The van der Waals surface area contributed by atoms with Gasteiger partial charge in [0.2, 0.25) is 5.91 Å². The molecule has 0 bridgehead atoms. The number of hydrogen-bond acceptors (Lipinski definition) is 4. The summed E-state index contributed by atoms with van der Waals surface area (Å²) in [5.74, 6) is -0.0249. The van der Waals surface area contributed by atoms with Crippen LogP contribution in [0.1, 0.15) is 64.8 Å². The molecule has 1 atom stereocenters. The summed E-state index contributed by atoms with van der Waals surface area (Å²) >= 11 is 0. The summed E-state index contributed by atoms with van der Waals surface area (Å²) in [6, 6.07) is 6.33. The molecule has 2 heterocycles. The molecule has 164 valence electrons. The summed E-state index contributed by atoms with van der Waals surface area (Å²) in [5.41, 5.74) is 3.49. The maximum atomic E-state index is 13.1. The highest BCUT2D eigenvalue weighted by molar-refractivity contribution is 6.03. The molecule has 0 saturated heterocycles. The fraction of sp³-hybridized carbons (Fsp3) is 0.542. The molecule has 2 aliphatic carbocycles. The van der Waals surface area contributed by atoms with Gasteiger partial charge in [-0.05, 0) is 69.6 Å². The van der Waals surface area contributed by atoms with E-state index in [1.54, 1.807) is 16.7 Å². The van der Waals surface area contributed by atoms with Crippen LogP contribution < -0.4 is 9.80 Å². The minimum Gasteiger partial charge on any atom is -0.446 e. The van der Waals surface area contributed by atoms with E-state index in [4.69, 9.17) is 4.74 Å². The standard InChI is InChI=1S/C24H30N4O3/c1-16-14-26(24(30)31-21-8-3-4-9-21)23-12-18(10-11-22(23)28(16)17(2)29)19-13-25-27(15-19)20-6-5-7-20/h10-13,15-16,20-21H,3-9,14H2,1-2H3. The van der Waals surface area contributed by atoms with Gasteiger partial charge in [-0.1, -0.05) is 6.07 Å². The van der Waals surface area contributed by atoms with Crippen LogP contribution in [0, 0.1) is 0 Å². The van der Waals surface area contributed by atoms with Crippen molar-refractivity contribution in [2.24, 2.45) is 0 Å². The number of fused-ring (bicyclic) bond motifs is 1. The third-order valence-electron chi connectivity index (χ3n) is 6.93. The molecule has 2 aromatic rings. The molecule has 0 spiro atoms. The highest BCUT2D eigenvalue weighted by atomic mass is 16.6. The highest BCUT2D eigenvalue weighted by Crippen LogP contribution is 2.40. The van der Waals surface area contributed by atoms with Gasteiger partial charge in [-0.3, -0.25) is 14.4 Å². The van der Waals surface area contributed by atoms with Gasteiger partial charge in [-0.25, -0.2) is 4.79 Å². The SMILES string of the molecule is CC(=O)N1c2ccc(-c3cnn(C4CCC4)c3)cc2N(C(=O)OC2CCCC2)CC1C. The molecule has 0 radical (unpaired) electrons. The summed E-state index contributed by atoms with van der Waals surface area (Å²) in [6.45, 7) is 3.96. The second kappa shape index (κ2) is 8.02. The quantitative estimate of drug-likeness (QED) is 0.704. The van der Waals surface area contributed by atoms with Crippen molar-refractivity contribution in [3.8, 4) is 11.1 Å². The fourth-order valence-corrected chi connectivity index (χ4v) is 5.01. The number of carbonyl (C=O) groups is 2. The molecule has 2 fully saturated rings. The lowest BCUT2D eigenvalue weighted by atomic mass is 9.93. The van der Waals surface area contributed by atoms with Crippen molar-refractivity contribution in [3.05, 3.63) is 30.6 Å². The van der Waals surface area contributed by atoms with E-state index < -0.39 is 0 Å². The second-order valence-electron chi connectivity index (χ2n) is 9.14. The molecule has 7 heteroatoms. The van der Waals surface area contributed by atoms with Gasteiger partial charge >= 0.3 is 6.09 Å². The highest BCUT2D eigenvalue weighted by Gasteiger charge is 2.35. The summed E-state index contributed by atoms with van der Waals surface area (Å²) in [7, 11) is 0. The zero-order valence-electron chi connectivity index (χ0n) is 18.3. The Balaban J connectivity index is 1.49. The minimum absolute atomic E-state index is 0.000911. The Morgan fingerprint density at radius 3 is 2.48 bits per heavy atom. The zero-order chi connectivity index (χ0) is 21.5. The van der Waals surface area contributed by atoms with Crippen LogP contribution in [-0.2, 0) is 9.53 Å².